The molecule has 2 rings (SSSR count). The molecule has 0 bridgehead atoms. The molecule has 4 nitrogen and oxygen atoms in total. The summed E-state index contributed by atoms with van der Waals surface area (Å²) in [6.45, 7) is 1.77. The van der Waals surface area contributed by atoms with Crippen LogP contribution in [-0.4, -0.2) is 31.9 Å². The van der Waals surface area contributed by atoms with Crippen LogP contribution in [-0.2, 0) is 11.3 Å². The lowest BCUT2D eigenvalue weighted by molar-refractivity contribution is -0.120. The van der Waals surface area contributed by atoms with Crippen LogP contribution in [0.5, 0.6) is 5.75 Å². The van der Waals surface area contributed by atoms with Crippen LogP contribution in [0, 0.1) is 0 Å². The zero-order chi connectivity index (χ0) is 12.3. The molecule has 1 N–H and O–H groups in total. The summed E-state index contributed by atoms with van der Waals surface area (Å²) in [4.78, 5) is 13.1. The van der Waals surface area contributed by atoms with E-state index in [-0.39, 0.29) is 12.5 Å². The average molecular weight is 252 g/mol. The van der Waals surface area contributed by atoms with Gasteiger partial charge in [0.1, 0.15) is 5.75 Å². The van der Waals surface area contributed by atoms with Gasteiger partial charge in [-0.15, -0.1) is 0 Å². The SMILES string of the molecule is CN1C(=O)COc2ccc(CNCCS)cc21. The summed E-state index contributed by atoms with van der Waals surface area (Å²) in [5.41, 5.74) is 1.97. The van der Waals surface area contributed by atoms with E-state index in [0.29, 0.717) is 0 Å². The van der Waals surface area contributed by atoms with Gasteiger partial charge < -0.3 is 15.0 Å². The summed E-state index contributed by atoms with van der Waals surface area (Å²) < 4.78 is 5.36. The minimum absolute atomic E-state index is 0.0158. The molecule has 0 unspecified atom stereocenters. The van der Waals surface area contributed by atoms with E-state index < -0.39 is 0 Å². The highest BCUT2D eigenvalue weighted by Crippen LogP contribution is 2.31. The van der Waals surface area contributed by atoms with Gasteiger partial charge in [0.2, 0.25) is 0 Å². The highest BCUT2D eigenvalue weighted by atomic mass is 32.1. The summed E-state index contributed by atoms with van der Waals surface area (Å²) in [7, 11) is 1.77. The van der Waals surface area contributed by atoms with E-state index in [1.165, 1.54) is 0 Å². The maximum absolute atomic E-state index is 11.5. The number of hydrogen-bond acceptors (Lipinski definition) is 4. The number of nitrogens with zero attached hydrogens (tertiary/aromatic N) is 1. The molecule has 0 spiro atoms. The third-order valence-corrected chi connectivity index (χ3v) is 2.95. The molecule has 0 atom stereocenters. The third-order valence-electron chi connectivity index (χ3n) is 2.73. The van der Waals surface area contributed by atoms with E-state index >= 15 is 0 Å². The van der Waals surface area contributed by atoms with E-state index in [0.717, 1.165) is 35.8 Å². The second-order valence-corrected chi connectivity index (χ2v) is 4.39. The van der Waals surface area contributed by atoms with Crippen LogP contribution in [0.4, 0.5) is 5.69 Å². The fourth-order valence-corrected chi connectivity index (χ4v) is 1.90. The van der Waals surface area contributed by atoms with Gasteiger partial charge in [-0.3, -0.25) is 4.79 Å². The summed E-state index contributed by atoms with van der Waals surface area (Å²) in [6.07, 6.45) is 0. The first-order chi connectivity index (χ1) is 8.22. The van der Waals surface area contributed by atoms with Gasteiger partial charge in [0, 0.05) is 25.9 Å². The van der Waals surface area contributed by atoms with Crippen molar-refractivity contribution in [1.29, 1.82) is 0 Å². The molecular formula is C12H16N2O2S. The number of benzene rings is 1. The van der Waals surface area contributed by atoms with E-state index in [2.05, 4.69) is 17.9 Å². The van der Waals surface area contributed by atoms with Crippen LogP contribution in [0.3, 0.4) is 0 Å². The average Bonchev–Trinajstić information content (AvgIpc) is 2.35. The van der Waals surface area contributed by atoms with Crippen molar-refractivity contribution in [3.8, 4) is 5.75 Å². The van der Waals surface area contributed by atoms with Gasteiger partial charge in [-0.25, -0.2) is 0 Å². The summed E-state index contributed by atoms with van der Waals surface area (Å²) >= 11 is 4.14. The Kier molecular flexibility index (Phi) is 3.91. The highest BCUT2D eigenvalue weighted by Gasteiger charge is 2.21. The monoisotopic (exact) mass is 252 g/mol. The van der Waals surface area contributed by atoms with Crippen LogP contribution in [0.25, 0.3) is 0 Å². The van der Waals surface area contributed by atoms with Gasteiger partial charge in [-0.05, 0) is 17.7 Å². The van der Waals surface area contributed by atoms with Gasteiger partial charge in [-0.2, -0.15) is 12.6 Å². The van der Waals surface area contributed by atoms with Crippen molar-refractivity contribution >= 4 is 24.2 Å². The fourth-order valence-electron chi connectivity index (χ4n) is 1.74. The number of anilines is 1. The predicted molar refractivity (Wildman–Crippen MR) is 70.9 cm³/mol. The van der Waals surface area contributed by atoms with Gasteiger partial charge in [0.05, 0.1) is 5.69 Å². The number of likely N-dealkylation sites (N-methyl/N-ethyl adjacent to an activating group) is 1. The number of carbonyl (C=O) groups is 1. The van der Waals surface area contributed by atoms with Crippen molar-refractivity contribution in [2.45, 2.75) is 6.54 Å². The zero-order valence-electron chi connectivity index (χ0n) is 9.77. The van der Waals surface area contributed by atoms with Gasteiger partial charge >= 0.3 is 0 Å². The van der Waals surface area contributed by atoms with Crippen molar-refractivity contribution in [2.24, 2.45) is 0 Å². The number of amides is 1. The number of thiol groups is 1. The molecule has 92 valence electrons. The van der Waals surface area contributed by atoms with Crippen LogP contribution >= 0.6 is 12.6 Å². The molecule has 1 aliphatic rings. The zero-order valence-corrected chi connectivity index (χ0v) is 10.7. The second-order valence-electron chi connectivity index (χ2n) is 3.94. The lowest BCUT2D eigenvalue weighted by Gasteiger charge is -2.26. The minimum Gasteiger partial charge on any atom is -0.482 e. The number of carbonyl (C=O) groups excluding carboxylic acids is 1. The molecule has 0 fully saturated rings. The Morgan fingerprint density at radius 2 is 2.35 bits per heavy atom. The number of nitrogens with one attached hydrogen (secondary N) is 1. The third kappa shape index (κ3) is 2.73. The summed E-state index contributed by atoms with van der Waals surface area (Å²) in [5, 5.41) is 3.26. The summed E-state index contributed by atoms with van der Waals surface area (Å²) in [6, 6.07) is 5.90. The Morgan fingerprint density at radius 3 is 3.12 bits per heavy atom. The van der Waals surface area contributed by atoms with E-state index in [9.17, 15) is 4.79 Å². The number of hydrogen-bond donors (Lipinski definition) is 2. The Bertz CT molecular complexity index is 423. The van der Waals surface area contributed by atoms with Gasteiger partial charge in [-0.1, -0.05) is 6.07 Å². The van der Waals surface area contributed by atoms with Crippen molar-refractivity contribution in [2.75, 3.05) is 30.9 Å². The maximum Gasteiger partial charge on any atom is 0.264 e. The summed E-state index contributed by atoms with van der Waals surface area (Å²) in [5.74, 6) is 1.56. The highest BCUT2D eigenvalue weighted by molar-refractivity contribution is 7.80. The molecule has 1 heterocycles. The molecular weight excluding hydrogens is 236 g/mol. The van der Waals surface area contributed by atoms with Crippen molar-refractivity contribution < 1.29 is 9.53 Å². The fraction of sp³-hybridized carbons (Fsp3) is 0.417. The van der Waals surface area contributed by atoms with Crippen LogP contribution in [0.2, 0.25) is 0 Å². The molecule has 0 radical (unpaired) electrons. The number of fused-ring (bicyclic) bond motifs is 1. The molecule has 1 aromatic carbocycles. The maximum atomic E-state index is 11.5. The number of rotatable bonds is 4. The van der Waals surface area contributed by atoms with Crippen LogP contribution in [0.1, 0.15) is 5.56 Å². The molecule has 1 aromatic rings. The van der Waals surface area contributed by atoms with E-state index in [1.54, 1.807) is 11.9 Å². The molecule has 0 saturated carbocycles. The molecule has 1 aliphatic heterocycles. The molecule has 1 amide bonds. The second kappa shape index (κ2) is 5.42. The minimum atomic E-state index is -0.0158. The lowest BCUT2D eigenvalue weighted by atomic mass is 10.1. The van der Waals surface area contributed by atoms with E-state index in [4.69, 9.17) is 4.74 Å². The van der Waals surface area contributed by atoms with Crippen molar-refractivity contribution in [3.63, 3.8) is 0 Å². The first-order valence-corrected chi connectivity index (χ1v) is 6.19. The van der Waals surface area contributed by atoms with Gasteiger partial charge in [0.25, 0.3) is 5.91 Å². The molecule has 0 aromatic heterocycles. The molecule has 0 aliphatic carbocycles. The molecule has 0 saturated heterocycles. The largest absolute Gasteiger partial charge is 0.482 e. The topological polar surface area (TPSA) is 41.6 Å². The normalized spacial score (nSPS) is 14.5. The number of ether oxygens (including phenoxy) is 1. The lowest BCUT2D eigenvalue weighted by Crippen LogP contribution is -2.35. The first-order valence-electron chi connectivity index (χ1n) is 5.56. The molecule has 17 heavy (non-hydrogen) atoms. The quantitative estimate of drug-likeness (QED) is 0.622. The van der Waals surface area contributed by atoms with Crippen molar-refractivity contribution in [3.05, 3.63) is 23.8 Å². The van der Waals surface area contributed by atoms with Crippen molar-refractivity contribution in [1.82, 2.24) is 5.32 Å². The Hall–Kier alpha value is -1.20. The Balaban J connectivity index is 2.14. The van der Waals surface area contributed by atoms with Crippen LogP contribution < -0.4 is 15.0 Å². The Labute approximate surface area is 106 Å². The van der Waals surface area contributed by atoms with Crippen LogP contribution in [0.15, 0.2) is 18.2 Å². The first kappa shape index (κ1) is 12.3. The Morgan fingerprint density at radius 1 is 1.53 bits per heavy atom. The standard InChI is InChI=1S/C12H16N2O2S/c1-14-10-6-9(7-13-4-5-17)2-3-11(10)16-8-12(14)15/h2-3,6,13,17H,4-5,7-8H2,1H3. The smallest absolute Gasteiger partial charge is 0.264 e. The predicted octanol–water partition coefficient (Wildman–Crippen LogP) is 1.06. The van der Waals surface area contributed by atoms with E-state index in [1.807, 2.05) is 18.2 Å². The van der Waals surface area contributed by atoms with Gasteiger partial charge in [0.15, 0.2) is 6.61 Å². The molecule has 5 heteroatoms.